The van der Waals surface area contributed by atoms with Gasteiger partial charge in [-0.1, -0.05) is 6.07 Å². The molecule has 0 spiro atoms. The zero-order chi connectivity index (χ0) is 16.5. The minimum absolute atomic E-state index is 0.00484. The fourth-order valence-electron chi connectivity index (χ4n) is 1.76. The third-order valence-electron chi connectivity index (χ3n) is 2.90. The van der Waals surface area contributed by atoms with E-state index in [-0.39, 0.29) is 26.5 Å². The van der Waals surface area contributed by atoms with Crippen molar-refractivity contribution in [1.82, 2.24) is 4.31 Å². The van der Waals surface area contributed by atoms with E-state index in [1.165, 1.54) is 38.3 Å². The minimum atomic E-state index is -3.93. The number of nitrogens with zero attached hydrogens (tertiary/aromatic N) is 1. The summed E-state index contributed by atoms with van der Waals surface area (Å²) in [6.45, 7) is 1.35. The molecular formula is C13H13NO6S2. The minimum Gasteiger partial charge on any atom is -0.504 e. The number of carbonyl (C=O) groups excluding carboxylic acids is 2. The highest BCUT2D eigenvalue weighted by Gasteiger charge is 2.42. The average Bonchev–Trinajstić information content (AvgIpc) is 2.76. The number of amides is 2. The van der Waals surface area contributed by atoms with Crippen molar-refractivity contribution in [2.24, 2.45) is 0 Å². The maximum atomic E-state index is 12.1. The molecular weight excluding hydrogens is 330 g/mol. The van der Waals surface area contributed by atoms with Crippen LogP contribution in [-0.4, -0.2) is 41.8 Å². The first-order valence-corrected chi connectivity index (χ1v) is 8.60. The Morgan fingerprint density at radius 3 is 2.64 bits per heavy atom. The highest BCUT2D eigenvalue weighted by molar-refractivity contribution is 8.19. The maximum absolute atomic E-state index is 12.1. The molecule has 1 aliphatic heterocycles. The van der Waals surface area contributed by atoms with Crippen LogP contribution >= 0.6 is 11.8 Å². The van der Waals surface area contributed by atoms with Gasteiger partial charge in [0.1, 0.15) is 0 Å². The highest BCUT2D eigenvalue weighted by Crippen LogP contribution is 2.35. The van der Waals surface area contributed by atoms with Gasteiger partial charge in [0.25, 0.3) is 5.91 Å². The lowest BCUT2D eigenvalue weighted by Gasteiger charge is -2.10. The Bertz CT molecular complexity index is 769. The standard InChI is InChI=1S/C13H13NO6S2/c1-3-22(18,19)14-12(16)11(21-13(14)17)7-8-4-5-9(15)10(6-8)20-2/h4-7,15H,3H2,1-2H3/b11-7-. The van der Waals surface area contributed by atoms with E-state index in [1.54, 1.807) is 0 Å². The number of benzene rings is 1. The SMILES string of the molecule is CCS(=O)(=O)N1C(=O)S/C(=C\c2ccc(O)c(OC)c2)C1=O. The first-order valence-electron chi connectivity index (χ1n) is 6.18. The molecule has 22 heavy (non-hydrogen) atoms. The van der Waals surface area contributed by atoms with Crippen molar-refractivity contribution in [1.29, 1.82) is 0 Å². The monoisotopic (exact) mass is 343 g/mol. The molecule has 9 heteroatoms. The lowest BCUT2D eigenvalue weighted by molar-refractivity contribution is -0.119. The van der Waals surface area contributed by atoms with Gasteiger partial charge in [0.2, 0.25) is 10.0 Å². The Labute approximate surface area is 131 Å². The summed E-state index contributed by atoms with van der Waals surface area (Å²) in [7, 11) is -2.56. The van der Waals surface area contributed by atoms with Gasteiger partial charge in [-0.25, -0.2) is 8.42 Å². The second-order valence-corrected chi connectivity index (χ2v) is 7.38. The van der Waals surface area contributed by atoms with Gasteiger partial charge in [0.05, 0.1) is 17.8 Å². The quantitative estimate of drug-likeness (QED) is 0.832. The van der Waals surface area contributed by atoms with Crippen LogP contribution in [0.2, 0.25) is 0 Å². The van der Waals surface area contributed by atoms with Gasteiger partial charge in [-0.05, 0) is 42.5 Å². The van der Waals surface area contributed by atoms with Gasteiger partial charge >= 0.3 is 5.24 Å². The zero-order valence-electron chi connectivity index (χ0n) is 11.8. The van der Waals surface area contributed by atoms with Crippen molar-refractivity contribution in [2.75, 3.05) is 12.9 Å². The van der Waals surface area contributed by atoms with Crippen LogP contribution in [0.15, 0.2) is 23.1 Å². The fraction of sp³-hybridized carbons (Fsp3) is 0.231. The van der Waals surface area contributed by atoms with Crippen molar-refractivity contribution in [3.05, 3.63) is 28.7 Å². The number of phenolic OH excluding ortho intramolecular Hbond substituents is 1. The Hall–Kier alpha value is -2.00. The predicted molar refractivity (Wildman–Crippen MR) is 81.9 cm³/mol. The molecule has 7 nitrogen and oxygen atoms in total. The molecule has 1 saturated heterocycles. The second-order valence-electron chi connectivity index (χ2n) is 4.28. The third-order valence-corrected chi connectivity index (χ3v) is 5.51. The van der Waals surface area contributed by atoms with Crippen LogP contribution in [0.5, 0.6) is 11.5 Å². The summed E-state index contributed by atoms with van der Waals surface area (Å²) in [6.07, 6.45) is 1.37. The summed E-state index contributed by atoms with van der Waals surface area (Å²) in [5.74, 6) is -1.08. The van der Waals surface area contributed by atoms with Crippen LogP contribution in [0.4, 0.5) is 4.79 Å². The van der Waals surface area contributed by atoms with Crippen molar-refractivity contribution < 1.29 is 27.9 Å². The molecule has 2 rings (SSSR count). The maximum Gasteiger partial charge on any atom is 0.307 e. The molecule has 0 aromatic heterocycles. The van der Waals surface area contributed by atoms with E-state index in [1.807, 2.05) is 0 Å². The summed E-state index contributed by atoms with van der Waals surface area (Å²) in [4.78, 5) is 23.9. The van der Waals surface area contributed by atoms with Crippen LogP contribution in [0.1, 0.15) is 12.5 Å². The van der Waals surface area contributed by atoms with E-state index in [0.717, 1.165) is 0 Å². The molecule has 0 radical (unpaired) electrons. The molecule has 1 aromatic rings. The number of ether oxygens (including phenoxy) is 1. The summed E-state index contributed by atoms with van der Waals surface area (Å²) in [5, 5.41) is 8.67. The molecule has 0 saturated carbocycles. The number of hydrogen-bond donors (Lipinski definition) is 1. The lowest BCUT2D eigenvalue weighted by atomic mass is 10.2. The van der Waals surface area contributed by atoms with Gasteiger partial charge in [-0.15, -0.1) is 0 Å². The number of aromatic hydroxyl groups is 1. The molecule has 1 aromatic carbocycles. The van der Waals surface area contributed by atoms with E-state index in [0.29, 0.717) is 17.3 Å². The molecule has 0 aliphatic carbocycles. The number of imide groups is 1. The average molecular weight is 343 g/mol. The van der Waals surface area contributed by atoms with E-state index in [2.05, 4.69) is 0 Å². The van der Waals surface area contributed by atoms with Gasteiger partial charge < -0.3 is 9.84 Å². The van der Waals surface area contributed by atoms with Gasteiger partial charge in [0, 0.05) is 0 Å². The van der Waals surface area contributed by atoms with Gasteiger partial charge in [-0.2, -0.15) is 4.31 Å². The number of phenols is 1. The van der Waals surface area contributed by atoms with Crippen molar-refractivity contribution in [2.45, 2.75) is 6.92 Å². The summed E-state index contributed by atoms with van der Waals surface area (Å²) in [6, 6.07) is 4.36. The number of thioether (sulfide) groups is 1. The Morgan fingerprint density at radius 1 is 1.36 bits per heavy atom. The Balaban J connectivity index is 2.39. The zero-order valence-corrected chi connectivity index (χ0v) is 13.4. The first kappa shape index (κ1) is 16.4. The van der Waals surface area contributed by atoms with Crippen molar-refractivity contribution >= 4 is 39.0 Å². The number of rotatable bonds is 4. The molecule has 0 atom stereocenters. The number of carbonyl (C=O) groups is 2. The fourth-order valence-corrected chi connectivity index (χ4v) is 3.83. The summed E-state index contributed by atoms with van der Waals surface area (Å²) < 4.78 is 28.7. The predicted octanol–water partition coefficient (Wildman–Crippen LogP) is 1.79. The Kier molecular flexibility index (Phi) is 4.47. The largest absolute Gasteiger partial charge is 0.504 e. The lowest BCUT2D eigenvalue weighted by Crippen LogP contribution is -2.35. The molecule has 2 amide bonds. The molecule has 1 N–H and O–H groups in total. The van der Waals surface area contributed by atoms with E-state index in [9.17, 15) is 23.1 Å². The van der Waals surface area contributed by atoms with Crippen molar-refractivity contribution in [3.63, 3.8) is 0 Å². The van der Waals surface area contributed by atoms with Gasteiger partial charge in [-0.3, -0.25) is 9.59 Å². The van der Waals surface area contributed by atoms with Crippen molar-refractivity contribution in [3.8, 4) is 11.5 Å². The normalized spacial score (nSPS) is 17.4. The van der Waals surface area contributed by atoms with Crippen LogP contribution in [0, 0.1) is 0 Å². The molecule has 1 aliphatic rings. The van der Waals surface area contributed by atoms with Crippen LogP contribution in [0.3, 0.4) is 0 Å². The summed E-state index contributed by atoms with van der Waals surface area (Å²) in [5.41, 5.74) is 0.494. The molecule has 0 bridgehead atoms. The second kappa shape index (κ2) is 6.01. The number of sulfonamides is 1. The number of hydrogen-bond acceptors (Lipinski definition) is 7. The summed E-state index contributed by atoms with van der Waals surface area (Å²) >= 11 is 0.553. The van der Waals surface area contributed by atoms with Crippen LogP contribution in [0.25, 0.3) is 6.08 Å². The highest BCUT2D eigenvalue weighted by atomic mass is 32.2. The molecule has 1 fully saturated rings. The van der Waals surface area contributed by atoms with E-state index in [4.69, 9.17) is 4.74 Å². The molecule has 1 heterocycles. The smallest absolute Gasteiger partial charge is 0.307 e. The third kappa shape index (κ3) is 2.95. The first-order chi connectivity index (χ1) is 10.3. The number of methoxy groups -OCH3 is 1. The molecule has 118 valence electrons. The van der Waals surface area contributed by atoms with Gasteiger partial charge in [0.15, 0.2) is 11.5 Å². The topological polar surface area (TPSA) is 101 Å². The van der Waals surface area contributed by atoms with Crippen LogP contribution in [-0.2, 0) is 14.8 Å². The van der Waals surface area contributed by atoms with E-state index < -0.39 is 21.2 Å². The van der Waals surface area contributed by atoms with Crippen LogP contribution < -0.4 is 4.74 Å². The molecule has 0 unspecified atom stereocenters. The Morgan fingerprint density at radius 2 is 2.05 bits per heavy atom. The van der Waals surface area contributed by atoms with E-state index >= 15 is 0 Å².